The molecule has 27 heavy (non-hydrogen) atoms. The van der Waals surface area contributed by atoms with E-state index in [2.05, 4.69) is 4.98 Å². The van der Waals surface area contributed by atoms with Crippen LogP contribution in [-0.4, -0.2) is 22.8 Å². The fraction of sp³-hybridized carbons (Fsp3) is 0.238. The number of hydrogen-bond acceptors (Lipinski definition) is 3. The van der Waals surface area contributed by atoms with Crippen molar-refractivity contribution in [3.8, 4) is 11.3 Å². The lowest BCUT2D eigenvalue weighted by Crippen LogP contribution is -2.30. The zero-order chi connectivity index (χ0) is 19.4. The van der Waals surface area contributed by atoms with E-state index in [4.69, 9.17) is 4.42 Å². The summed E-state index contributed by atoms with van der Waals surface area (Å²) in [6.45, 7) is 1.77. The maximum atomic E-state index is 13.4. The van der Waals surface area contributed by atoms with Gasteiger partial charge in [-0.3, -0.25) is 4.79 Å². The minimum atomic E-state index is -0.923. The highest BCUT2D eigenvalue weighted by Gasteiger charge is 2.19. The van der Waals surface area contributed by atoms with Crippen LogP contribution in [0.4, 0.5) is 8.78 Å². The molecule has 1 aromatic heterocycles. The fourth-order valence-corrected chi connectivity index (χ4v) is 2.76. The van der Waals surface area contributed by atoms with Crippen LogP contribution in [0.1, 0.15) is 30.8 Å². The summed E-state index contributed by atoms with van der Waals surface area (Å²) < 4.78 is 32.2. The molecule has 0 aliphatic rings. The molecule has 0 radical (unpaired) electrons. The molecular formula is C21H20F2N2O2. The van der Waals surface area contributed by atoms with Gasteiger partial charge in [0.05, 0.1) is 12.2 Å². The maximum Gasteiger partial charge on any atom is 0.223 e. The summed E-state index contributed by atoms with van der Waals surface area (Å²) in [6.07, 6.45) is 2.21. The molecule has 0 fully saturated rings. The average Bonchev–Trinajstić information content (AvgIpc) is 3.17. The first-order chi connectivity index (χ1) is 13.0. The van der Waals surface area contributed by atoms with Crippen LogP contribution < -0.4 is 0 Å². The van der Waals surface area contributed by atoms with Crippen molar-refractivity contribution in [1.29, 1.82) is 0 Å². The summed E-state index contributed by atoms with van der Waals surface area (Å²) in [5.41, 5.74) is 1.46. The third-order valence-corrected chi connectivity index (χ3v) is 4.57. The molecule has 0 spiro atoms. The zero-order valence-corrected chi connectivity index (χ0v) is 15.2. The Morgan fingerprint density at radius 1 is 1.15 bits per heavy atom. The van der Waals surface area contributed by atoms with Crippen molar-refractivity contribution < 1.29 is 18.0 Å². The van der Waals surface area contributed by atoms with Crippen molar-refractivity contribution in [2.45, 2.75) is 25.8 Å². The number of rotatable bonds is 6. The number of benzene rings is 2. The smallest absolute Gasteiger partial charge is 0.223 e. The second-order valence-corrected chi connectivity index (χ2v) is 6.34. The Morgan fingerprint density at radius 2 is 1.89 bits per heavy atom. The van der Waals surface area contributed by atoms with E-state index in [9.17, 15) is 13.6 Å². The lowest BCUT2D eigenvalue weighted by atomic mass is 10.1. The zero-order valence-electron chi connectivity index (χ0n) is 15.2. The Labute approximate surface area is 156 Å². The van der Waals surface area contributed by atoms with Crippen LogP contribution >= 0.6 is 0 Å². The first-order valence-corrected chi connectivity index (χ1v) is 8.66. The molecule has 0 aliphatic carbocycles. The molecule has 3 rings (SSSR count). The van der Waals surface area contributed by atoms with Gasteiger partial charge in [-0.05, 0) is 24.6 Å². The van der Waals surface area contributed by atoms with Crippen LogP contribution in [0.3, 0.4) is 0 Å². The number of hydrogen-bond donors (Lipinski definition) is 0. The standard InChI is InChI=1S/C21H20F2N2O2/c1-14(16-8-9-17(22)18(23)12-16)25(2)21(26)11-10-20-24-13-19(27-20)15-6-4-3-5-7-15/h3-9,12-14H,10-11H2,1-2H3/t14-/m0/s1. The summed E-state index contributed by atoms with van der Waals surface area (Å²) in [7, 11) is 1.64. The van der Waals surface area contributed by atoms with Gasteiger partial charge in [0, 0.05) is 25.5 Å². The first kappa shape index (κ1) is 18.8. The van der Waals surface area contributed by atoms with Gasteiger partial charge in [-0.15, -0.1) is 0 Å². The van der Waals surface area contributed by atoms with Gasteiger partial charge in [0.25, 0.3) is 0 Å². The molecule has 6 heteroatoms. The summed E-state index contributed by atoms with van der Waals surface area (Å²) >= 11 is 0. The molecular weight excluding hydrogens is 350 g/mol. The summed E-state index contributed by atoms with van der Waals surface area (Å²) in [5, 5.41) is 0. The quantitative estimate of drug-likeness (QED) is 0.628. The lowest BCUT2D eigenvalue weighted by Gasteiger charge is -2.25. The van der Waals surface area contributed by atoms with E-state index in [1.807, 2.05) is 30.3 Å². The largest absolute Gasteiger partial charge is 0.441 e. The molecule has 3 aromatic rings. The van der Waals surface area contributed by atoms with Gasteiger partial charge in [-0.1, -0.05) is 36.4 Å². The fourth-order valence-electron chi connectivity index (χ4n) is 2.76. The molecule has 4 nitrogen and oxygen atoms in total. The van der Waals surface area contributed by atoms with Gasteiger partial charge in [-0.2, -0.15) is 0 Å². The number of aryl methyl sites for hydroxylation is 1. The Morgan fingerprint density at radius 3 is 2.59 bits per heavy atom. The number of aromatic nitrogens is 1. The second-order valence-electron chi connectivity index (χ2n) is 6.34. The third-order valence-electron chi connectivity index (χ3n) is 4.57. The third kappa shape index (κ3) is 4.39. The molecule has 140 valence electrons. The van der Waals surface area contributed by atoms with E-state index < -0.39 is 11.6 Å². The van der Waals surface area contributed by atoms with Gasteiger partial charge in [0.15, 0.2) is 23.3 Å². The molecule has 0 N–H and O–H groups in total. The molecule has 0 bridgehead atoms. The summed E-state index contributed by atoms with van der Waals surface area (Å²) in [4.78, 5) is 18.2. The Balaban J connectivity index is 1.60. The Bertz CT molecular complexity index is 925. The molecule has 0 unspecified atom stereocenters. The molecule has 2 aromatic carbocycles. The number of carbonyl (C=O) groups is 1. The van der Waals surface area contributed by atoms with Crippen LogP contribution in [-0.2, 0) is 11.2 Å². The topological polar surface area (TPSA) is 46.3 Å². The van der Waals surface area contributed by atoms with Crippen LogP contribution in [0, 0.1) is 11.6 Å². The van der Waals surface area contributed by atoms with Crippen LogP contribution in [0.15, 0.2) is 59.1 Å². The highest BCUT2D eigenvalue weighted by atomic mass is 19.2. The molecule has 1 atom stereocenters. The van der Waals surface area contributed by atoms with E-state index >= 15 is 0 Å². The monoisotopic (exact) mass is 370 g/mol. The van der Waals surface area contributed by atoms with Gasteiger partial charge >= 0.3 is 0 Å². The maximum absolute atomic E-state index is 13.4. The van der Waals surface area contributed by atoms with E-state index in [-0.39, 0.29) is 18.4 Å². The molecule has 0 saturated carbocycles. The summed E-state index contributed by atoms with van der Waals surface area (Å²) in [5.74, 6) is -0.823. The van der Waals surface area contributed by atoms with Crippen LogP contribution in [0.2, 0.25) is 0 Å². The Hall–Kier alpha value is -3.02. The number of nitrogens with zero attached hydrogens (tertiary/aromatic N) is 2. The first-order valence-electron chi connectivity index (χ1n) is 8.66. The van der Waals surface area contributed by atoms with E-state index in [1.54, 1.807) is 20.2 Å². The van der Waals surface area contributed by atoms with Crippen molar-refractivity contribution in [2.75, 3.05) is 7.05 Å². The Kier molecular flexibility index (Phi) is 5.64. The highest BCUT2D eigenvalue weighted by molar-refractivity contribution is 5.76. The van der Waals surface area contributed by atoms with Gasteiger partial charge in [0.2, 0.25) is 5.91 Å². The highest BCUT2D eigenvalue weighted by Crippen LogP contribution is 2.23. The molecule has 1 amide bonds. The SMILES string of the molecule is C[C@@H](c1ccc(F)c(F)c1)N(C)C(=O)CCc1ncc(-c2ccccc2)o1. The van der Waals surface area contributed by atoms with Crippen molar-refractivity contribution in [2.24, 2.45) is 0 Å². The number of halogens is 2. The van der Waals surface area contributed by atoms with Crippen molar-refractivity contribution in [3.05, 3.63) is 77.8 Å². The molecule has 1 heterocycles. The van der Waals surface area contributed by atoms with Crippen LogP contribution in [0.5, 0.6) is 0 Å². The number of oxazole rings is 1. The predicted molar refractivity (Wildman–Crippen MR) is 97.8 cm³/mol. The van der Waals surface area contributed by atoms with E-state index in [0.717, 1.165) is 17.7 Å². The summed E-state index contributed by atoms with van der Waals surface area (Å²) in [6, 6.07) is 12.9. The average molecular weight is 370 g/mol. The number of carbonyl (C=O) groups excluding carboxylic acids is 1. The van der Waals surface area contributed by atoms with E-state index in [1.165, 1.54) is 11.0 Å². The molecule has 0 saturated heterocycles. The lowest BCUT2D eigenvalue weighted by molar-refractivity contribution is -0.131. The van der Waals surface area contributed by atoms with Gasteiger partial charge < -0.3 is 9.32 Å². The predicted octanol–water partition coefficient (Wildman–Crippen LogP) is 4.77. The van der Waals surface area contributed by atoms with Gasteiger partial charge in [0.1, 0.15) is 0 Å². The van der Waals surface area contributed by atoms with Crippen molar-refractivity contribution >= 4 is 5.91 Å². The van der Waals surface area contributed by atoms with E-state index in [0.29, 0.717) is 23.6 Å². The minimum Gasteiger partial charge on any atom is -0.441 e. The number of amides is 1. The normalized spacial score (nSPS) is 12.0. The molecule has 0 aliphatic heterocycles. The van der Waals surface area contributed by atoms with Crippen molar-refractivity contribution in [3.63, 3.8) is 0 Å². The minimum absolute atomic E-state index is 0.133. The van der Waals surface area contributed by atoms with Crippen molar-refractivity contribution in [1.82, 2.24) is 9.88 Å². The second kappa shape index (κ2) is 8.12. The van der Waals surface area contributed by atoms with Gasteiger partial charge in [-0.25, -0.2) is 13.8 Å². The van der Waals surface area contributed by atoms with Crippen LogP contribution in [0.25, 0.3) is 11.3 Å².